The molecule has 0 fully saturated rings. The number of hydrogen-bond donors (Lipinski definition) is 2. The average Bonchev–Trinajstić information content (AvgIpc) is 2.35. The second kappa shape index (κ2) is 7.68. The van der Waals surface area contributed by atoms with Gasteiger partial charge in [-0.1, -0.05) is 30.3 Å². The van der Waals surface area contributed by atoms with Crippen LogP contribution in [0.4, 0.5) is 0 Å². The van der Waals surface area contributed by atoms with Gasteiger partial charge in [0.05, 0.1) is 0 Å². The number of nitrogens with zero attached hydrogens (tertiary/aromatic N) is 2. The van der Waals surface area contributed by atoms with E-state index in [1.165, 1.54) is 5.56 Å². The molecule has 1 rings (SSSR count). The lowest BCUT2D eigenvalue weighted by Crippen LogP contribution is -2.33. The third kappa shape index (κ3) is 5.36. The Labute approximate surface area is 103 Å². The molecule has 4 nitrogen and oxygen atoms in total. The maximum Gasteiger partial charge on any atom is 0.191 e. The third-order valence-electron chi connectivity index (χ3n) is 2.54. The quantitative estimate of drug-likeness (QED) is 0.441. The Balaban J connectivity index is 2.38. The summed E-state index contributed by atoms with van der Waals surface area (Å²) in [6.07, 6.45) is 2.00. The summed E-state index contributed by atoms with van der Waals surface area (Å²) in [7, 11) is 1.95. The van der Waals surface area contributed by atoms with E-state index in [4.69, 9.17) is 11.5 Å². The van der Waals surface area contributed by atoms with Crippen LogP contribution in [0.15, 0.2) is 35.3 Å². The molecule has 0 aliphatic rings. The van der Waals surface area contributed by atoms with Crippen molar-refractivity contribution in [2.24, 2.45) is 16.5 Å². The fraction of sp³-hybridized carbons (Fsp3) is 0.462. The van der Waals surface area contributed by atoms with Crippen molar-refractivity contribution in [3.8, 4) is 0 Å². The van der Waals surface area contributed by atoms with E-state index in [1.807, 2.05) is 30.1 Å². The van der Waals surface area contributed by atoms with Gasteiger partial charge >= 0.3 is 0 Å². The normalized spacial score (nSPS) is 11.5. The zero-order valence-electron chi connectivity index (χ0n) is 10.5. The monoisotopic (exact) mass is 234 g/mol. The molecule has 4 heteroatoms. The van der Waals surface area contributed by atoms with Gasteiger partial charge in [0.25, 0.3) is 0 Å². The van der Waals surface area contributed by atoms with E-state index in [0.717, 1.165) is 32.5 Å². The molecule has 94 valence electrons. The molecule has 4 N–H and O–H groups in total. The summed E-state index contributed by atoms with van der Waals surface area (Å²) in [5.74, 6) is 0.589. The van der Waals surface area contributed by atoms with Crippen LogP contribution in [0.1, 0.15) is 18.4 Å². The molecule has 0 unspecified atom stereocenters. The number of benzene rings is 1. The number of aliphatic imine (C=N–C) groups is 1. The van der Waals surface area contributed by atoms with Gasteiger partial charge in [-0.2, -0.15) is 0 Å². The standard InChI is InChI=1S/C13H22N4/c1-17(11-12-7-3-2-4-8-12)13(15)16-10-6-5-9-14/h2-4,7-8H,5-6,9-11,14H2,1H3,(H2,15,16). The number of unbranched alkanes of at least 4 members (excludes halogenated alkanes) is 1. The minimum Gasteiger partial charge on any atom is -0.370 e. The topological polar surface area (TPSA) is 67.6 Å². The van der Waals surface area contributed by atoms with Gasteiger partial charge in [-0.15, -0.1) is 0 Å². The molecule has 0 radical (unpaired) electrons. The SMILES string of the molecule is CN(Cc1ccccc1)C(N)=NCCCCN. The number of rotatable bonds is 6. The molecule has 0 spiro atoms. The first-order valence-electron chi connectivity index (χ1n) is 5.99. The van der Waals surface area contributed by atoms with Crippen molar-refractivity contribution < 1.29 is 0 Å². The highest BCUT2D eigenvalue weighted by molar-refractivity contribution is 5.77. The van der Waals surface area contributed by atoms with Crippen molar-refractivity contribution in [1.82, 2.24) is 4.90 Å². The van der Waals surface area contributed by atoms with Crippen molar-refractivity contribution in [2.75, 3.05) is 20.1 Å². The highest BCUT2D eigenvalue weighted by Crippen LogP contribution is 2.02. The van der Waals surface area contributed by atoms with Gasteiger partial charge in [0.15, 0.2) is 5.96 Å². The van der Waals surface area contributed by atoms with E-state index in [-0.39, 0.29) is 0 Å². The van der Waals surface area contributed by atoms with Crippen LogP contribution in [0.3, 0.4) is 0 Å². The Hall–Kier alpha value is -1.55. The fourth-order valence-electron chi connectivity index (χ4n) is 1.51. The molecule has 1 aromatic carbocycles. The molecular weight excluding hydrogens is 212 g/mol. The first-order chi connectivity index (χ1) is 8.24. The van der Waals surface area contributed by atoms with Crippen LogP contribution < -0.4 is 11.5 Å². The maximum atomic E-state index is 5.89. The second-order valence-corrected chi connectivity index (χ2v) is 4.08. The second-order valence-electron chi connectivity index (χ2n) is 4.08. The van der Waals surface area contributed by atoms with Crippen LogP contribution >= 0.6 is 0 Å². The summed E-state index contributed by atoms with van der Waals surface area (Å²) in [6.45, 7) is 2.25. The summed E-state index contributed by atoms with van der Waals surface area (Å²) in [4.78, 5) is 6.28. The van der Waals surface area contributed by atoms with Crippen LogP contribution in [0.25, 0.3) is 0 Å². The van der Waals surface area contributed by atoms with Gasteiger partial charge < -0.3 is 16.4 Å². The first kappa shape index (κ1) is 13.5. The van der Waals surface area contributed by atoms with E-state index >= 15 is 0 Å². The molecule has 0 saturated carbocycles. The van der Waals surface area contributed by atoms with Crippen LogP contribution in [-0.4, -0.2) is 31.0 Å². The Morgan fingerprint density at radius 2 is 1.94 bits per heavy atom. The summed E-state index contributed by atoms with van der Waals surface area (Å²) in [6, 6.07) is 10.2. The van der Waals surface area contributed by atoms with Gasteiger partial charge in [0, 0.05) is 20.1 Å². The molecule has 0 bridgehead atoms. The zero-order valence-corrected chi connectivity index (χ0v) is 10.5. The molecule has 0 amide bonds. The minimum absolute atomic E-state index is 0.589. The Morgan fingerprint density at radius 1 is 1.24 bits per heavy atom. The van der Waals surface area contributed by atoms with E-state index in [1.54, 1.807) is 0 Å². The van der Waals surface area contributed by atoms with Crippen molar-refractivity contribution in [1.29, 1.82) is 0 Å². The summed E-state index contributed by atoms with van der Waals surface area (Å²) < 4.78 is 0. The Kier molecular flexibility index (Phi) is 6.10. The van der Waals surface area contributed by atoms with E-state index in [9.17, 15) is 0 Å². The largest absolute Gasteiger partial charge is 0.370 e. The molecular formula is C13H22N4. The maximum absolute atomic E-state index is 5.89. The average molecular weight is 234 g/mol. The predicted octanol–water partition coefficient (Wildman–Crippen LogP) is 1.17. The van der Waals surface area contributed by atoms with Gasteiger partial charge in [0.2, 0.25) is 0 Å². The fourth-order valence-corrected chi connectivity index (χ4v) is 1.51. The molecule has 0 aromatic heterocycles. The summed E-state index contributed by atoms with van der Waals surface area (Å²) >= 11 is 0. The zero-order chi connectivity index (χ0) is 12.5. The van der Waals surface area contributed by atoms with E-state index in [2.05, 4.69) is 17.1 Å². The summed E-state index contributed by atoms with van der Waals surface area (Å²) in [5.41, 5.74) is 12.5. The first-order valence-corrected chi connectivity index (χ1v) is 5.99. The lowest BCUT2D eigenvalue weighted by molar-refractivity contribution is 0.491. The van der Waals surface area contributed by atoms with Gasteiger partial charge in [0.1, 0.15) is 0 Å². The van der Waals surface area contributed by atoms with Crippen molar-refractivity contribution in [3.05, 3.63) is 35.9 Å². The van der Waals surface area contributed by atoms with Crippen LogP contribution in [0.5, 0.6) is 0 Å². The molecule has 0 aliphatic heterocycles. The van der Waals surface area contributed by atoms with Crippen LogP contribution in [-0.2, 0) is 6.54 Å². The molecule has 0 heterocycles. The molecule has 1 aromatic rings. The lowest BCUT2D eigenvalue weighted by Gasteiger charge is -2.18. The smallest absolute Gasteiger partial charge is 0.191 e. The minimum atomic E-state index is 0.589. The third-order valence-corrected chi connectivity index (χ3v) is 2.54. The van der Waals surface area contributed by atoms with Crippen molar-refractivity contribution in [3.63, 3.8) is 0 Å². The van der Waals surface area contributed by atoms with E-state index in [0.29, 0.717) is 5.96 Å². The van der Waals surface area contributed by atoms with Gasteiger partial charge in [-0.25, -0.2) is 0 Å². The van der Waals surface area contributed by atoms with Crippen LogP contribution in [0.2, 0.25) is 0 Å². The van der Waals surface area contributed by atoms with E-state index < -0.39 is 0 Å². The molecule has 0 aliphatic carbocycles. The highest BCUT2D eigenvalue weighted by Gasteiger charge is 2.01. The van der Waals surface area contributed by atoms with Crippen molar-refractivity contribution in [2.45, 2.75) is 19.4 Å². The predicted molar refractivity (Wildman–Crippen MR) is 72.7 cm³/mol. The Bertz CT molecular complexity index is 335. The summed E-state index contributed by atoms with van der Waals surface area (Å²) in [5, 5.41) is 0. The Morgan fingerprint density at radius 3 is 2.59 bits per heavy atom. The number of hydrogen-bond acceptors (Lipinski definition) is 2. The van der Waals surface area contributed by atoms with Gasteiger partial charge in [-0.05, 0) is 24.9 Å². The number of nitrogens with two attached hydrogens (primary N) is 2. The van der Waals surface area contributed by atoms with Crippen molar-refractivity contribution >= 4 is 5.96 Å². The lowest BCUT2D eigenvalue weighted by atomic mass is 10.2. The van der Waals surface area contributed by atoms with Crippen LogP contribution in [0, 0.1) is 0 Å². The molecule has 0 saturated heterocycles. The van der Waals surface area contributed by atoms with Gasteiger partial charge in [-0.3, -0.25) is 4.99 Å². The highest BCUT2D eigenvalue weighted by atomic mass is 15.2. The molecule has 17 heavy (non-hydrogen) atoms. The number of guanidine groups is 1. The molecule has 0 atom stereocenters.